The molecule has 4 aliphatic rings. The van der Waals surface area contributed by atoms with Crippen molar-refractivity contribution in [1.29, 1.82) is 0 Å². The molecule has 3 aliphatic heterocycles. The van der Waals surface area contributed by atoms with Gasteiger partial charge in [-0.25, -0.2) is 0 Å². The van der Waals surface area contributed by atoms with Crippen molar-refractivity contribution in [2.45, 2.75) is 123 Å². The predicted molar refractivity (Wildman–Crippen MR) is 141 cm³/mol. The van der Waals surface area contributed by atoms with Gasteiger partial charge in [-0.15, -0.1) is 0 Å². The second-order valence-electron chi connectivity index (χ2n) is 11.3. The second kappa shape index (κ2) is 14.3. The van der Waals surface area contributed by atoms with Crippen LogP contribution in [-0.4, -0.2) is 161 Å². The Morgan fingerprint density at radius 1 is 0.810 bits per heavy atom. The molecule has 0 radical (unpaired) electrons. The van der Waals surface area contributed by atoms with Gasteiger partial charge >= 0.3 is 0 Å². The third-order valence-electron chi connectivity index (χ3n) is 8.39. The van der Waals surface area contributed by atoms with E-state index in [-0.39, 0.29) is 25.8 Å². The molecule has 0 aromatic heterocycles. The van der Waals surface area contributed by atoms with E-state index in [1.54, 1.807) is 0 Å². The third kappa shape index (κ3) is 6.89. The maximum atomic E-state index is 12.0. The Morgan fingerprint density at radius 3 is 2.17 bits per heavy atom. The van der Waals surface area contributed by atoms with Crippen molar-refractivity contribution >= 4 is 5.91 Å². The van der Waals surface area contributed by atoms with Gasteiger partial charge in [0.15, 0.2) is 18.9 Å². The normalized spacial score (nSPS) is 49.7. The molecule has 3 heterocycles. The molecule has 0 bridgehead atoms. The van der Waals surface area contributed by atoms with Gasteiger partial charge in [-0.05, 0) is 19.9 Å². The molecule has 16 N–H and O–H groups in total. The lowest BCUT2D eigenvalue weighted by Crippen LogP contribution is -2.70. The van der Waals surface area contributed by atoms with Crippen molar-refractivity contribution in [1.82, 2.24) is 10.6 Å². The van der Waals surface area contributed by atoms with Crippen LogP contribution in [0.25, 0.3) is 0 Å². The predicted octanol–water partition coefficient (Wildman–Crippen LogP) is -7.44. The first-order valence-corrected chi connectivity index (χ1v) is 14.1. The highest BCUT2D eigenvalue weighted by Crippen LogP contribution is 2.35. The van der Waals surface area contributed by atoms with Crippen molar-refractivity contribution in [2.24, 2.45) is 22.9 Å². The fourth-order valence-electron chi connectivity index (χ4n) is 5.99. The van der Waals surface area contributed by atoms with Gasteiger partial charge in [0.05, 0.1) is 36.9 Å². The van der Waals surface area contributed by atoms with Crippen LogP contribution in [0.4, 0.5) is 0 Å². The van der Waals surface area contributed by atoms with E-state index in [1.807, 2.05) is 0 Å². The highest BCUT2D eigenvalue weighted by molar-refractivity contribution is 5.76. The van der Waals surface area contributed by atoms with Crippen molar-refractivity contribution in [3.63, 3.8) is 0 Å². The number of nitrogens with two attached hydrogens (primary N) is 4. The van der Waals surface area contributed by atoms with Crippen LogP contribution < -0.4 is 33.6 Å². The van der Waals surface area contributed by atoms with Gasteiger partial charge in [0.1, 0.15) is 42.7 Å². The van der Waals surface area contributed by atoms with Crippen molar-refractivity contribution in [3.8, 4) is 0 Å². The number of amides is 1. The molecule has 0 aromatic carbocycles. The molecule has 18 nitrogen and oxygen atoms in total. The molecule has 4 rings (SSSR count). The smallest absolute Gasteiger partial charge is 0.221 e. The van der Waals surface area contributed by atoms with E-state index in [1.165, 1.54) is 7.05 Å². The summed E-state index contributed by atoms with van der Waals surface area (Å²) in [6.07, 6.45) is -14.6. The van der Waals surface area contributed by atoms with Crippen molar-refractivity contribution in [2.75, 3.05) is 20.2 Å². The molecule has 0 aromatic rings. The van der Waals surface area contributed by atoms with Gasteiger partial charge in [-0.1, -0.05) is 0 Å². The molecule has 3 saturated heterocycles. The minimum absolute atomic E-state index is 0.0299. The minimum atomic E-state index is -1.66. The van der Waals surface area contributed by atoms with Crippen LogP contribution in [-0.2, 0) is 28.5 Å². The van der Waals surface area contributed by atoms with Crippen molar-refractivity contribution < 1.29 is 59.1 Å². The van der Waals surface area contributed by atoms with Crippen molar-refractivity contribution in [3.05, 3.63) is 0 Å². The summed E-state index contributed by atoms with van der Waals surface area (Å²) in [6.45, 7) is -0.547. The standard InChI is InChI=1S/C24H46N6O12/c1-29-14-17(35)21-10(5-9(28)22(41-21)40-20-8(27)4-7(26)15(33)18(20)36)38-23(14)42-24-19(37)16(34)13(11(6-31)39-24)30-12(32)2-3-25/h7-11,13-24,29,31,33-37H,2-6,25-28H2,1H3,(H,30,32)/t7-,8?,9+,10+,11?,13-,14?,15?,16+,17?,18-,19?,20-,21?,22+,23?,24-/m1/s1. The lowest BCUT2D eigenvalue weighted by molar-refractivity contribution is -0.373. The number of rotatable bonds is 9. The van der Waals surface area contributed by atoms with E-state index in [9.17, 15) is 35.4 Å². The first-order valence-electron chi connectivity index (χ1n) is 14.1. The number of aliphatic hydroxyl groups excluding tert-OH is 6. The molecule has 1 aliphatic carbocycles. The molecule has 4 fully saturated rings. The van der Waals surface area contributed by atoms with Crippen LogP contribution in [0, 0.1) is 0 Å². The Morgan fingerprint density at radius 2 is 1.52 bits per heavy atom. The maximum Gasteiger partial charge on any atom is 0.221 e. The zero-order chi connectivity index (χ0) is 30.9. The molecular weight excluding hydrogens is 564 g/mol. The van der Waals surface area contributed by atoms with Crippen LogP contribution in [0.15, 0.2) is 0 Å². The summed E-state index contributed by atoms with van der Waals surface area (Å²) < 4.78 is 29.5. The highest BCUT2D eigenvalue weighted by atomic mass is 16.8. The number of aliphatic hydroxyl groups is 6. The lowest BCUT2D eigenvalue weighted by atomic mass is 9.84. The number of fused-ring (bicyclic) bond motifs is 1. The number of carbonyl (C=O) groups is 1. The number of hydrogen-bond acceptors (Lipinski definition) is 17. The summed E-state index contributed by atoms with van der Waals surface area (Å²) in [5, 5.41) is 68.6. The van der Waals surface area contributed by atoms with Crippen LogP contribution >= 0.6 is 0 Å². The number of nitrogens with one attached hydrogen (secondary N) is 2. The monoisotopic (exact) mass is 610 g/mol. The largest absolute Gasteiger partial charge is 0.394 e. The Bertz CT molecular complexity index is 893. The summed E-state index contributed by atoms with van der Waals surface area (Å²) in [4.78, 5) is 12.0. The van der Waals surface area contributed by atoms with E-state index in [0.29, 0.717) is 0 Å². The van der Waals surface area contributed by atoms with E-state index in [0.717, 1.165) is 0 Å². The second-order valence-corrected chi connectivity index (χ2v) is 11.3. The SMILES string of the molecule is CNC1C(O[C@H]2OC(CO)[C@@H](NC(=O)CCN)[C@H](O)C2O)O[C@H]2C[C@H](N)[C@@H](O[C@@H]3C(N)C[C@@H](N)C(O)[C@H]3O)OC2C1O. The molecule has 8 unspecified atom stereocenters. The topological polar surface area (TPSA) is 313 Å². The summed E-state index contributed by atoms with van der Waals surface area (Å²) in [5.41, 5.74) is 23.6. The zero-order valence-corrected chi connectivity index (χ0v) is 23.3. The maximum absolute atomic E-state index is 12.0. The molecule has 42 heavy (non-hydrogen) atoms. The fourth-order valence-corrected chi connectivity index (χ4v) is 5.99. The summed E-state index contributed by atoms with van der Waals surface area (Å²) >= 11 is 0. The molecule has 0 spiro atoms. The minimum Gasteiger partial charge on any atom is -0.394 e. The summed E-state index contributed by atoms with van der Waals surface area (Å²) in [5.74, 6) is -0.495. The third-order valence-corrected chi connectivity index (χ3v) is 8.39. The van der Waals surface area contributed by atoms with E-state index in [4.69, 9.17) is 46.6 Å². The van der Waals surface area contributed by atoms with Gasteiger partial charge < -0.3 is 87.9 Å². The lowest BCUT2D eigenvalue weighted by Gasteiger charge is -2.51. The molecular formula is C24H46N6O12. The molecule has 1 amide bonds. The van der Waals surface area contributed by atoms with Gasteiger partial charge in [0.2, 0.25) is 5.91 Å². The molecule has 244 valence electrons. The Balaban J connectivity index is 1.42. The van der Waals surface area contributed by atoms with E-state index in [2.05, 4.69) is 10.6 Å². The quantitative estimate of drug-likeness (QED) is 0.115. The Hall–Kier alpha value is -1.17. The Kier molecular flexibility index (Phi) is 11.5. The number of carbonyl (C=O) groups excluding carboxylic acids is 1. The number of ether oxygens (including phenoxy) is 5. The Labute approximate surface area is 242 Å². The average molecular weight is 611 g/mol. The molecule has 18 heteroatoms. The average Bonchev–Trinajstić information content (AvgIpc) is 2.94. The van der Waals surface area contributed by atoms with Gasteiger partial charge in [-0.3, -0.25) is 4.79 Å². The van der Waals surface area contributed by atoms with Gasteiger partial charge in [0.25, 0.3) is 0 Å². The van der Waals surface area contributed by atoms with E-state index < -0.39 is 117 Å². The number of hydrogen-bond donors (Lipinski definition) is 12. The van der Waals surface area contributed by atoms with Crippen LogP contribution in [0.1, 0.15) is 19.3 Å². The van der Waals surface area contributed by atoms with Gasteiger partial charge in [0, 0.05) is 25.0 Å². The van der Waals surface area contributed by atoms with Crippen LogP contribution in [0.5, 0.6) is 0 Å². The van der Waals surface area contributed by atoms with E-state index >= 15 is 0 Å². The first-order chi connectivity index (χ1) is 19.9. The molecule has 17 atom stereocenters. The summed E-state index contributed by atoms with van der Waals surface area (Å²) in [6, 6.07) is -4.29. The first kappa shape index (κ1) is 33.7. The van der Waals surface area contributed by atoms with Crippen LogP contribution in [0.2, 0.25) is 0 Å². The van der Waals surface area contributed by atoms with Gasteiger partial charge in [-0.2, -0.15) is 0 Å². The number of likely N-dealkylation sites (N-methyl/N-ethyl adjacent to an activating group) is 1. The van der Waals surface area contributed by atoms with Crippen LogP contribution in [0.3, 0.4) is 0 Å². The molecule has 1 saturated carbocycles. The highest BCUT2D eigenvalue weighted by Gasteiger charge is 2.54. The summed E-state index contributed by atoms with van der Waals surface area (Å²) in [7, 11) is 1.53. The zero-order valence-electron chi connectivity index (χ0n) is 23.3. The fraction of sp³-hybridized carbons (Fsp3) is 0.958.